The predicted octanol–water partition coefficient (Wildman–Crippen LogP) is 4.47. The molecule has 11 heteroatoms. The van der Waals surface area contributed by atoms with Gasteiger partial charge in [-0.15, -0.1) is 0 Å². The quantitative estimate of drug-likeness (QED) is 0.411. The number of amides is 1. The number of anilines is 3. The van der Waals surface area contributed by atoms with Crippen molar-refractivity contribution in [2.75, 3.05) is 69.2 Å². The number of nitrogens with zero attached hydrogens (tertiary/aromatic N) is 5. The summed E-state index contributed by atoms with van der Waals surface area (Å²) in [5, 5.41) is 3.62. The number of allylic oxidation sites excluding steroid dienone is 1. The summed E-state index contributed by atoms with van der Waals surface area (Å²) in [4.78, 5) is 43.1. The van der Waals surface area contributed by atoms with Gasteiger partial charge in [0.05, 0.1) is 45.3 Å². The SMILES string of the molecule is COc1ccc(C2C3=C(CC(C)(C)CC3=O)Nc3ccccc3N2CC(=O)N2CCN(c3ncccn3)CC2)c(OC)c1OC. The lowest BCUT2D eigenvalue weighted by atomic mass is 9.73. The third-order valence-electron chi connectivity index (χ3n) is 8.81. The number of rotatable bonds is 7. The maximum atomic E-state index is 14.2. The number of hydrogen-bond acceptors (Lipinski definition) is 10. The number of ether oxygens (including phenoxy) is 3. The van der Waals surface area contributed by atoms with E-state index < -0.39 is 6.04 Å². The molecule has 2 aromatic carbocycles. The van der Waals surface area contributed by atoms with Crippen LogP contribution >= 0.6 is 0 Å². The fraction of sp³-hybridized carbons (Fsp3) is 0.412. The third-order valence-corrected chi connectivity index (χ3v) is 8.81. The summed E-state index contributed by atoms with van der Waals surface area (Å²) < 4.78 is 17.3. The normalized spacial score (nSPS) is 19.3. The van der Waals surface area contributed by atoms with Gasteiger partial charge in [0.15, 0.2) is 17.3 Å². The average Bonchev–Trinajstić information content (AvgIpc) is 3.18. The van der Waals surface area contributed by atoms with Gasteiger partial charge < -0.3 is 34.2 Å². The number of Topliss-reactive ketones (excluding diaryl/α,β-unsaturated/α-hetero) is 1. The standard InChI is InChI=1S/C34H40N6O5/c1-34(2)19-24-29(26(41)20-34)30(22-11-12-27(43-3)32(45-5)31(22)44-4)40(25-10-7-6-9-23(25)37-24)21-28(42)38-15-17-39(18-16-38)33-35-13-8-14-36-33/h6-14,30,37H,15-21H2,1-5H3. The molecule has 1 atom stereocenters. The molecule has 0 spiro atoms. The van der Waals surface area contributed by atoms with Gasteiger partial charge in [0.25, 0.3) is 0 Å². The Bertz CT molecular complexity index is 1620. The second kappa shape index (κ2) is 12.3. The molecule has 3 aromatic rings. The van der Waals surface area contributed by atoms with Crippen LogP contribution in [0.2, 0.25) is 0 Å². The molecule has 1 amide bonds. The zero-order chi connectivity index (χ0) is 31.7. The van der Waals surface area contributed by atoms with E-state index >= 15 is 0 Å². The largest absolute Gasteiger partial charge is 0.493 e. The van der Waals surface area contributed by atoms with Gasteiger partial charge in [-0.05, 0) is 42.2 Å². The van der Waals surface area contributed by atoms with Crippen molar-refractivity contribution in [1.82, 2.24) is 14.9 Å². The Morgan fingerprint density at radius 2 is 1.62 bits per heavy atom. The Kier molecular flexibility index (Phi) is 8.26. The van der Waals surface area contributed by atoms with E-state index in [4.69, 9.17) is 14.2 Å². The van der Waals surface area contributed by atoms with Gasteiger partial charge in [0, 0.05) is 61.8 Å². The molecule has 6 rings (SSSR count). The summed E-state index contributed by atoms with van der Waals surface area (Å²) in [7, 11) is 4.72. The van der Waals surface area contributed by atoms with Crippen molar-refractivity contribution >= 4 is 29.0 Å². The number of aromatic nitrogens is 2. The van der Waals surface area contributed by atoms with Gasteiger partial charge in [-0.3, -0.25) is 9.59 Å². The van der Waals surface area contributed by atoms with Crippen LogP contribution in [0.15, 0.2) is 66.1 Å². The van der Waals surface area contributed by atoms with Crippen LogP contribution in [0, 0.1) is 5.41 Å². The molecule has 0 radical (unpaired) electrons. The molecule has 3 heterocycles. The van der Waals surface area contributed by atoms with Crippen molar-refractivity contribution in [1.29, 1.82) is 0 Å². The van der Waals surface area contributed by atoms with E-state index in [0.29, 0.717) is 73.4 Å². The number of benzene rings is 2. The van der Waals surface area contributed by atoms with Crippen molar-refractivity contribution in [2.24, 2.45) is 5.41 Å². The van der Waals surface area contributed by atoms with Crippen LogP contribution in [-0.2, 0) is 9.59 Å². The molecule has 1 N–H and O–H groups in total. The van der Waals surface area contributed by atoms with E-state index in [1.54, 1.807) is 39.8 Å². The molecule has 1 saturated heterocycles. The van der Waals surface area contributed by atoms with Crippen LogP contribution in [0.1, 0.15) is 38.3 Å². The molecule has 0 saturated carbocycles. The lowest BCUT2D eigenvalue weighted by molar-refractivity contribution is -0.130. The molecule has 2 aliphatic heterocycles. The van der Waals surface area contributed by atoms with E-state index in [2.05, 4.69) is 34.0 Å². The topological polar surface area (TPSA) is 109 Å². The van der Waals surface area contributed by atoms with Gasteiger partial charge in [-0.25, -0.2) is 9.97 Å². The highest BCUT2D eigenvalue weighted by Crippen LogP contribution is 2.52. The van der Waals surface area contributed by atoms with Gasteiger partial charge in [0.1, 0.15) is 0 Å². The number of hydrogen-bond donors (Lipinski definition) is 1. The van der Waals surface area contributed by atoms with Crippen molar-refractivity contribution < 1.29 is 23.8 Å². The molecule has 0 bridgehead atoms. The minimum Gasteiger partial charge on any atom is -0.493 e. The number of fused-ring (bicyclic) bond motifs is 1. The fourth-order valence-electron chi connectivity index (χ4n) is 6.75. The highest BCUT2D eigenvalue weighted by molar-refractivity contribution is 6.02. The number of carbonyl (C=O) groups is 2. The Hall–Kier alpha value is -4.80. The van der Waals surface area contributed by atoms with Gasteiger partial charge in [-0.1, -0.05) is 26.0 Å². The number of carbonyl (C=O) groups excluding carboxylic acids is 2. The summed E-state index contributed by atoms with van der Waals surface area (Å²) >= 11 is 0. The zero-order valence-electron chi connectivity index (χ0n) is 26.5. The van der Waals surface area contributed by atoms with Crippen LogP contribution < -0.4 is 29.3 Å². The number of ketones is 1. The van der Waals surface area contributed by atoms with E-state index in [-0.39, 0.29) is 23.7 Å². The Balaban J connectivity index is 1.44. The summed E-state index contributed by atoms with van der Waals surface area (Å²) in [5.41, 5.74) is 3.65. The van der Waals surface area contributed by atoms with E-state index in [1.807, 2.05) is 46.2 Å². The molecule has 1 aliphatic carbocycles. The Morgan fingerprint density at radius 1 is 0.911 bits per heavy atom. The smallest absolute Gasteiger partial charge is 0.242 e. The number of nitrogens with one attached hydrogen (secondary N) is 1. The maximum Gasteiger partial charge on any atom is 0.242 e. The summed E-state index contributed by atoms with van der Waals surface area (Å²) in [5.74, 6) is 2.07. The molecule has 1 unspecified atom stereocenters. The maximum absolute atomic E-state index is 14.2. The molecular weight excluding hydrogens is 572 g/mol. The second-order valence-electron chi connectivity index (χ2n) is 12.3. The first-order chi connectivity index (χ1) is 21.7. The molecule has 1 fully saturated rings. The van der Waals surface area contributed by atoms with E-state index in [9.17, 15) is 9.59 Å². The predicted molar refractivity (Wildman–Crippen MR) is 172 cm³/mol. The highest BCUT2D eigenvalue weighted by atomic mass is 16.5. The van der Waals surface area contributed by atoms with Gasteiger partial charge in [-0.2, -0.15) is 0 Å². The number of methoxy groups -OCH3 is 3. The Morgan fingerprint density at radius 3 is 2.31 bits per heavy atom. The summed E-state index contributed by atoms with van der Waals surface area (Å²) in [6, 6.07) is 12.8. The molecular formula is C34H40N6O5. The number of piperazine rings is 1. The van der Waals surface area contributed by atoms with Crippen molar-refractivity contribution in [2.45, 2.75) is 32.7 Å². The highest BCUT2D eigenvalue weighted by Gasteiger charge is 2.43. The van der Waals surface area contributed by atoms with Crippen molar-refractivity contribution in [3.05, 3.63) is 71.7 Å². The van der Waals surface area contributed by atoms with Gasteiger partial charge >= 0.3 is 0 Å². The molecule has 3 aliphatic rings. The second-order valence-corrected chi connectivity index (χ2v) is 12.3. The van der Waals surface area contributed by atoms with Crippen LogP contribution in [0.25, 0.3) is 0 Å². The summed E-state index contributed by atoms with van der Waals surface area (Å²) in [6.07, 6.45) is 4.52. The molecule has 1 aromatic heterocycles. The molecule has 236 valence electrons. The van der Waals surface area contributed by atoms with Crippen LogP contribution in [0.3, 0.4) is 0 Å². The van der Waals surface area contributed by atoms with Crippen molar-refractivity contribution in [3.8, 4) is 17.2 Å². The first-order valence-electron chi connectivity index (χ1n) is 15.2. The first-order valence-corrected chi connectivity index (χ1v) is 15.2. The minimum absolute atomic E-state index is 0.0319. The lowest BCUT2D eigenvalue weighted by Gasteiger charge is -2.40. The lowest BCUT2D eigenvalue weighted by Crippen LogP contribution is -2.52. The summed E-state index contributed by atoms with van der Waals surface area (Å²) in [6.45, 7) is 6.61. The van der Waals surface area contributed by atoms with E-state index in [0.717, 1.165) is 17.1 Å². The van der Waals surface area contributed by atoms with E-state index in [1.165, 1.54) is 0 Å². The number of para-hydroxylation sites is 2. The zero-order valence-corrected chi connectivity index (χ0v) is 26.5. The minimum atomic E-state index is -0.627. The van der Waals surface area contributed by atoms with Gasteiger partial charge in [0.2, 0.25) is 17.6 Å². The van der Waals surface area contributed by atoms with Crippen LogP contribution in [0.4, 0.5) is 17.3 Å². The average molecular weight is 613 g/mol. The van der Waals surface area contributed by atoms with Crippen LogP contribution in [0.5, 0.6) is 17.2 Å². The third kappa shape index (κ3) is 5.74. The van der Waals surface area contributed by atoms with Crippen molar-refractivity contribution in [3.63, 3.8) is 0 Å². The Labute approximate surface area is 263 Å². The molecule has 11 nitrogen and oxygen atoms in total. The molecule has 45 heavy (non-hydrogen) atoms. The fourth-order valence-corrected chi connectivity index (χ4v) is 6.75. The first kappa shape index (κ1) is 30.2. The van der Waals surface area contributed by atoms with Crippen LogP contribution in [-0.4, -0.2) is 80.6 Å². The monoisotopic (exact) mass is 612 g/mol.